The fourth-order valence-corrected chi connectivity index (χ4v) is 1.58. The van der Waals surface area contributed by atoms with Crippen molar-refractivity contribution in [2.24, 2.45) is 5.92 Å². The number of hydrogen-bond acceptors (Lipinski definition) is 6. The molecule has 0 atom stereocenters. The fourth-order valence-electron chi connectivity index (χ4n) is 1.58. The van der Waals surface area contributed by atoms with Crippen molar-refractivity contribution in [3.8, 4) is 6.01 Å². The number of anilines is 2. The van der Waals surface area contributed by atoms with Crippen LogP contribution < -0.4 is 15.8 Å². The Bertz CT molecular complexity index is 353. The van der Waals surface area contributed by atoms with Gasteiger partial charge in [0, 0.05) is 6.54 Å². The Balaban J connectivity index is 1.95. The van der Waals surface area contributed by atoms with Gasteiger partial charge in [-0.3, -0.25) is 0 Å². The van der Waals surface area contributed by atoms with Crippen LogP contribution >= 0.6 is 0 Å². The van der Waals surface area contributed by atoms with Crippen molar-refractivity contribution in [3.05, 3.63) is 0 Å². The molecule has 0 saturated heterocycles. The van der Waals surface area contributed by atoms with Crippen molar-refractivity contribution >= 4 is 11.9 Å². The summed E-state index contributed by atoms with van der Waals surface area (Å²) in [7, 11) is 0. The maximum atomic E-state index is 5.56. The molecule has 88 valence electrons. The molecule has 1 aliphatic rings. The Labute approximate surface area is 94.6 Å². The van der Waals surface area contributed by atoms with Gasteiger partial charge in [0.15, 0.2) is 0 Å². The van der Waals surface area contributed by atoms with Gasteiger partial charge in [0.05, 0.1) is 6.61 Å². The summed E-state index contributed by atoms with van der Waals surface area (Å²) in [5.41, 5.74) is 5.56. The number of nitrogen functional groups attached to an aromatic ring is 1. The molecule has 6 nitrogen and oxygen atoms in total. The number of aromatic nitrogens is 3. The third-order valence-corrected chi connectivity index (χ3v) is 2.68. The molecule has 0 radical (unpaired) electrons. The molecule has 1 heterocycles. The van der Waals surface area contributed by atoms with Gasteiger partial charge in [-0.2, -0.15) is 15.0 Å². The van der Waals surface area contributed by atoms with E-state index in [1.165, 1.54) is 19.3 Å². The molecule has 0 spiro atoms. The van der Waals surface area contributed by atoms with E-state index < -0.39 is 0 Å². The lowest BCUT2D eigenvalue weighted by Crippen LogP contribution is -2.22. The van der Waals surface area contributed by atoms with Gasteiger partial charge < -0.3 is 15.8 Å². The quantitative estimate of drug-likeness (QED) is 0.776. The number of ether oxygens (including phenoxy) is 1. The van der Waals surface area contributed by atoms with Gasteiger partial charge in [0.2, 0.25) is 11.9 Å². The van der Waals surface area contributed by atoms with Crippen LogP contribution in [-0.4, -0.2) is 28.1 Å². The van der Waals surface area contributed by atoms with Crippen LogP contribution in [-0.2, 0) is 0 Å². The van der Waals surface area contributed by atoms with Crippen molar-refractivity contribution in [2.45, 2.75) is 26.2 Å². The third kappa shape index (κ3) is 2.71. The van der Waals surface area contributed by atoms with E-state index in [-0.39, 0.29) is 12.0 Å². The molecule has 1 aliphatic carbocycles. The minimum Gasteiger partial charge on any atom is -0.464 e. The summed E-state index contributed by atoms with van der Waals surface area (Å²) in [5.74, 6) is 1.44. The van der Waals surface area contributed by atoms with Crippen LogP contribution in [0.25, 0.3) is 0 Å². The molecule has 6 heteroatoms. The van der Waals surface area contributed by atoms with Gasteiger partial charge in [-0.25, -0.2) is 0 Å². The summed E-state index contributed by atoms with van der Waals surface area (Å²) >= 11 is 0. The second-order valence-corrected chi connectivity index (χ2v) is 3.91. The van der Waals surface area contributed by atoms with Crippen molar-refractivity contribution in [2.75, 3.05) is 24.2 Å². The first-order chi connectivity index (χ1) is 7.78. The maximum Gasteiger partial charge on any atom is 0.323 e. The third-order valence-electron chi connectivity index (χ3n) is 2.68. The van der Waals surface area contributed by atoms with E-state index in [9.17, 15) is 0 Å². The van der Waals surface area contributed by atoms with Crippen LogP contribution in [0.4, 0.5) is 11.9 Å². The molecular weight excluding hydrogens is 206 g/mol. The zero-order valence-corrected chi connectivity index (χ0v) is 9.44. The lowest BCUT2D eigenvalue weighted by molar-refractivity contribution is 0.311. The first-order valence-electron chi connectivity index (χ1n) is 5.66. The monoisotopic (exact) mass is 223 g/mol. The van der Waals surface area contributed by atoms with Crippen LogP contribution in [0.2, 0.25) is 0 Å². The van der Waals surface area contributed by atoms with Crippen LogP contribution in [0.15, 0.2) is 0 Å². The largest absolute Gasteiger partial charge is 0.464 e. The summed E-state index contributed by atoms with van der Waals surface area (Å²) in [6.07, 6.45) is 3.90. The minimum absolute atomic E-state index is 0.189. The average Bonchev–Trinajstić information content (AvgIpc) is 2.14. The van der Waals surface area contributed by atoms with Crippen molar-refractivity contribution in [3.63, 3.8) is 0 Å². The highest BCUT2D eigenvalue weighted by molar-refractivity contribution is 5.32. The normalized spacial score (nSPS) is 15.6. The van der Waals surface area contributed by atoms with Crippen LogP contribution in [0, 0.1) is 5.92 Å². The lowest BCUT2D eigenvalue weighted by Gasteiger charge is -2.25. The van der Waals surface area contributed by atoms with Gasteiger partial charge in [-0.05, 0) is 25.7 Å². The summed E-state index contributed by atoms with van der Waals surface area (Å²) in [5, 5.41) is 3.16. The van der Waals surface area contributed by atoms with E-state index in [1.807, 2.05) is 6.92 Å². The van der Waals surface area contributed by atoms with Crippen LogP contribution in [0.5, 0.6) is 6.01 Å². The standard InChI is InChI=1S/C10H17N5O/c1-2-16-10-14-8(11)13-9(15-10)12-6-7-4-3-5-7/h7H,2-6H2,1H3,(H3,11,12,13,14,15). The number of nitrogens with one attached hydrogen (secondary N) is 1. The number of nitrogens with two attached hydrogens (primary N) is 1. The van der Waals surface area contributed by atoms with Crippen molar-refractivity contribution in [1.82, 2.24) is 15.0 Å². The average molecular weight is 223 g/mol. The van der Waals surface area contributed by atoms with E-state index in [2.05, 4.69) is 20.3 Å². The summed E-state index contributed by atoms with van der Waals surface area (Å²) < 4.78 is 5.19. The molecule has 1 saturated carbocycles. The topological polar surface area (TPSA) is 86.0 Å². The van der Waals surface area contributed by atoms with E-state index >= 15 is 0 Å². The second-order valence-electron chi connectivity index (χ2n) is 3.91. The SMILES string of the molecule is CCOc1nc(N)nc(NCC2CCC2)n1. The predicted octanol–water partition coefficient (Wildman–Crippen LogP) is 1.06. The highest BCUT2D eigenvalue weighted by atomic mass is 16.5. The lowest BCUT2D eigenvalue weighted by atomic mass is 9.85. The van der Waals surface area contributed by atoms with E-state index in [0.29, 0.717) is 12.6 Å². The number of nitrogens with zero attached hydrogens (tertiary/aromatic N) is 3. The predicted molar refractivity (Wildman–Crippen MR) is 61.2 cm³/mol. The molecule has 0 unspecified atom stereocenters. The molecule has 1 aromatic rings. The van der Waals surface area contributed by atoms with Gasteiger partial charge in [0.1, 0.15) is 0 Å². The van der Waals surface area contributed by atoms with Crippen LogP contribution in [0.1, 0.15) is 26.2 Å². The zero-order valence-electron chi connectivity index (χ0n) is 9.44. The maximum absolute atomic E-state index is 5.56. The molecule has 16 heavy (non-hydrogen) atoms. The van der Waals surface area contributed by atoms with Crippen molar-refractivity contribution in [1.29, 1.82) is 0 Å². The Hall–Kier alpha value is -1.59. The summed E-state index contributed by atoms with van der Waals surface area (Å²) in [6.45, 7) is 3.29. The van der Waals surface area contributed by atoms with Gasteiger partial charge in [-0.15, -0.1) is 0 Å². The minimum atomic E-state index is 0.189. The fraction of sp³-hybridized carbons (Fsp3) is 0.700. The zero-order chi connectivity index (χ0) is 11.4. The van der Waals surface area contributed by atoms with Gasteiger partial charge >= 0.3 is 6.01 Å². The number of hydrogen-bond donors (Lipinski definition) is 2. The summed E-state index contributed by atoms with van der Waals surface area (Å²) in [6, 6.07) is 0.283. The molecule has 0 aliphatic heterocycles. The van der Waals surface area contributed by atoms with E-state index in [1.54, 1.807) is 0 Å². The molecule has 2 rings (SSSR count). The molecule has 0 bridgehead atoms. The smallest absolute Gasteiger partial charge is 0.323 e. The molecule has 1 aromatic heterocycles. The van der Waals surface area contributed by atoms with Gasteiger partial charge in [-0.1, -0.05) is 6.42 Å². The Morgan fingerprint density at radius 3 is 2.81 bits per heavy atom. The molecule has 3 N–H and O–H groups in total. The Morgan fingerprint density at radius 1 is 1.38 bits per heavy atom. The first-order valence-corrected chi connectivity index (χ1v) is 5.66. The highest BCUT2D eigenvalue weighted by Gasteiger charge is 2.17. The first kappa shape index (κ1) is 10.9. The Morgan fingerprint density at radius 2 is 2.19 bits per heavy atom. The molecule has 0 aromatic carbocycles. The molecular formula is C10H17N5O. The summed E-state index contributed by atoms with van der Waals surface area (Å²) in [4.78, 5) is 12.0. The van der Waals surface area contributed by atoms with E-state index in [4.69, 9.17) is 10.5 Å². The Kier molecular flexibility index (Phi) is 3.38. The van der Waals surface area contributed by atoms with Gasteiger partial charge in [0.25, 0.3) is 0 Å². The molecule has 1 fully saturated rings. The molecule has 0 amide bonds. The van der Waals surface area contributed by atoms with Crippen molar-refractivity contribution < 1.29 is 4.74 Å². The van der Waals surface area contributed by atoms with E-state index in [0.717, 1.165) is 12.5 Å². The second kappa shape index (κ2) is 4.96. The highest BCUT2D eigenvalue weighted by Crippen LogP contribution is 2.26. The van der Waals surface area contributed by atoms with Crippen LogP contribution in [0.3, 0.4) is 0 Å². The number of rotatable bonds is 5.